The lowest BCUT2D eigenvalue weighted by Crippen LogP contribution is -2.28. The van der Waals surface area contributed by atoms with Gasteiger partial charge in [-0.05, 0) is 43.9 Å². The third-order valence-electron chi connectivity index (χ3n) is 2.51. The lowest BCUT2D eigenvalue weighted by molar-refractivity contribution is 0.575. The minimum absolute atomic E-state index is 0.0892. The fourth-order valence-electron chi connectivity index (χ4n) is 1.48. The molecule has 0 amide bonds. The van der Waals surface area contributed by atoms with Crippen molar-refractivity contribution in [2.24, 2.45) is 0 Å². The number of nitrogens with zero attached hydrogens (tertiary/aromatic N) is 1. The average Bonchev–Trinajstić information content (AvgIpc) is 2.34. The van der Waals surface area contributed by atoms with Crippen molar-refractivity contribution >= 4 is 21.6 Å². The zero-order valence-corrected chi connectivity index (χ0v) is 12.0. The van der Waals surface area contributed by atoms with Crippen molar-refractivity contribution < 1.29 is 8.42 Å². The Morgan fingerprint density at radius 1 is 1.39 bits per heavy atom. The van der Waals surface area contributed by atoms with E-state index in [4.69, 9.17) is 11.6 Å². The predicted octanol–water partition coefficient (Wildman–Crippen LogP) is 1.95. The van der Waals surface area contributed by atoms with Crippen molar-refractivity contribution in [2.75, 3.05) is 12.3 Å². The number of hydrogen-bond donors (Lipinski definition) is 1. The molecule has 0 spiro atoms. The highest BCUT2D eigenvalue weighted by molar-refractivity contribution is 7.89. The van der Waals surface area contributed by atoms with Crippen molar-refractivity contribution in [2.45, 2.75) is 31.6 Å². The van der Waals surface area contributed by atoms with Crippen molar-refractivity contribution in [3.63, 3.8) is 0 Å². The lowest BCUT2D eigenvalue weighted by atomic mass is 10.2. The number of aromatic nitrogens is 1. The number of hydrogen-bond acceptors (Lipinski definition) is 3. The van der Waals surface area contributed by atoms with Crippen molar-refractivity contribution in [3.8, 4) is 0 Å². The van der Waals surface area contributed by atoms with Crippen LogP contribution in [0.15, 0.2) is 24.5 Å². The zero-order chi connectivity index (χ0) is 13.4. The highest BCUT2D eigenvalue weighted by atomic mass is 35.5. The topological polar surface area (TPSA) is 59.1 Å². The largest absolute Gasteiger partial charge is 0.265 e. The smallest absolute Gasteiger partial charge is 0.211 e. The monoisotopic (exact) mass is 290 g/mol. The fraction of sp³-hybridized carbons (Fsp3) is 0.583. The van der Waals surface area contributed by atoms with E-state index >= 15 is 0 Å². The van der Waals surface area contributed by atoms with E-state index < -0.39 is 10.0 Å². The van der Waals surface area contributed by atoms with E-state index in [1.54, 1.807) is 12.4 Å². The summed E-state index contributed by atoms with van der Waals surface area (Å²) in [6.07, 6.45) is 5.41. The Morgan fingerprint density at radius 3 is 2.67 bits per heavy atom. The maximum atomic E-state index is 11.7. The van der Waals surface area contributed by atoms with E-state index in [2.05, 4.69) is 9.71 Å². The molecule has 0 fully saturated rings. The van der Waals surface area contributed by atoms with Crippen molar-refractivity contribution in [1.82, 2.24) is 9.71 Å². The van der Waals surface area contributed by atoms with Crippen LogP contribution >= 0.6 is 11.6 Å². The molecule has 0 saturated carbocycles. The van der Waals surface area contributed by atoms with Crippen molar-refractivity contribution in [3.05, 3.63) is 30.1 Å². The van der Waals surface area contributed by atoms with Gasteiger partial charge in [0.2, 0.25) is 10.0 Å². The SMILES string of the molecule is CC(Cl)CCCNS(=O)(=O)CCc1ccncc1. The molecule has 4 nitrogen and oxygen atoms in total. The highest BCUT2D eigenvalue weighted by Crippen LogP contribution is 2.03. The molecular weight excluding hydrogens is 272 g/mol. The first-order chi connectivity index (χ1) is 8.49. The van der Waals surface area contributed by atoms with Gasteiger partial charge >= 0.3 is 0 Å². The normalized spacial score (nSPS) is 13.4. The van der Waals surface area contributed by atoms with Crippen LogP contribution in [0.3, 0.4) is 0 Å². The summed E-state index contributed by atoms with van der Waals surface area (Å²) in [5.74, 6) is 0.105. The number of halogens is 1. The van der Waals surface area contributed by atoms with Gasteiger partial charge in [0.25, 0.3) is 0 Å². The second-order valence-corrected chi connectivity index (χ2v) is 6.91. The van der Waals surface area contributed by atoms with Gasteiger partial charge in [-0.2, -0.15) is 0 Å². The van der Waals surface area contributed by atoms with Gasteiger partial charge in [-0.15, -0.1) is 11.6 Å². The summed E-state index contributed by atoms with van der Waals surface area (Å²) < 4.78 is 26.0. The Labute approximate surface area is 114 Å². The second kappa shape index (κ2) is 7.71. The Bertz CT molecular complexity index is 435. The standard InChI is InChI=1S/C12H19ClN2O2S/c1-11(13)3-2-7-15-18(16,17)10-6-12-4-8-14-9-5-12/h4-5,8-9,11,15H,2-3,6-7,10H2,1H3. The first-order valence-corrected chi connectivity index (χ1v) is 8.09. The summed E-state index contributed by atoms with van der Waals surface area (Å²) >= 11 is 5.79. The van der Waals surface area contributed by atoms with Crippen LogP contribution in [0.4, 0.5) is 0 Å². The van der Waals surface area contributed by atoms with Crippen LogP contribution < -0.4 is 4.72 Å². The van der Waals surface area contributed by atoms with Gasteiger partial charge in [0, 0.05) is 24.3 Å². The van der Waals surface area contributed by atoms with Crippen LogP contribution in [-0.2, 0) is 16.4 Å². The molecule has 18 heavy (non-hydrogen) atoms. The molecular formula is C12H19ClN2O2S. The van der Waals surface area contributed by atoms with Crippen LogP contribution in [0.5, 0.6) is 0 Å². The van der Waals surface area contributed by atoms with Gasteiger partial charge in [0.15, 0.2) is 0 Å². The van der Waals surface area contributed by atoms with Gasteiger partial charge in [-0.1, -0.05) is 0 Å². The number of alkyl halides is 1. The molecule has 1 unspecified atom stereocenters. The maximum Gasteiger partial charge on any atom is 0.211 e. The molecule has 0 saturated heterocycles. The molecule has 0 aliphatic carbocycles. The Hall–Kier alpha value is -0.650. The maximum absolute atomic E-state index is 11.7. The predicted molar refractivity (Wildman–Crippen MR) is 74.3 cm³/mol. The summed E-state index contributed by atoms with van der Waals surface area (Å²) in [6, 6.07) is 3.65. The third kappa shape index (κ3) is 6.93. The lowest BCUT2D eigenvalue weighted by Gasteiger charge is -2.07. The highest BCUT2D eigenvalue weighted by Gasteiger charge is 2.09. The average molecular weight is 291 g/mol. The van der Waals surface area contributed by atoms with E-state index in [9.17, 15) is 8.42 Å². The Morgan fingerprint density at radius 2 is 2.06 bits per heavy atom. The molecule has 0 bridgehead atoms. The Kier molecular flexibility index (Phi) is 6.60. The van der Waals surface area contributed by atoms with Crippen LogP contribution in [0.1, 0.15) is 25.3 Å². The quantitative estimate of drug-likeness (QED) is 0.588. The molecule has 0 aromatic carbocycles. The van der Waals surface area contributed by atoms with Gasteiger partial charge in [0.1, 0.15) is 0 Å². The molecule has 1 heterocycles. The molecule has 1 N–H and O–H groups in total. The molecule has 102 valence electrons. The van der Waals surface area contributed by atoms with Crippen LogP contribution in [0, 0.1) is 0 Å². The molecule has 0 radical (unpaired) electrons. The Balaban J connectivity index is 2.28. The van der Waals surface area contributed by atoms with Gasteiger partial charge in [-0.3, -0.25) is 4.98 Å². The first-order valence-electron chi connectivity index (χ1n) is 6.00. The fourth-order valence-corrected chi connectivity index (χ4v) is 2.74. The molecule has 1 aromatic heterocycles. The first kappa shape index (κ1) is 15.4. The van der Waals surface area contributed by atoms with Crippen LogP contribution in [0.25, 0.3) is 0 Å². The van der Waals surface area contributed by atoms with Crippen molar-refractivity contribution in [1.29, 1.82) is 0 Å². The van der Waals surface area contributed by atoms with E-state index in [-0.39, 0.29) is 11.1 Å². The van der Waals surface area contributed by atoms with Gasteiger partial charge < -0.3 is 0 Å². The number of aryl methyl sites for hydroxylation is 1. The van der Waals surface area contributed by atoms with Gasteiger partial charge in [-0.25, -0.2) is 13.1 Å². The number of pyridine rings is 1. The van der Waals surface area contributed by atoms with Crippen LogP contribution in [-0.4, -0.2) is 31.1 Å². The summed E-state index contributed by atoms with van der Waals surface area (Å²) in [5.41, 5.74) is 0.977. The number of nitrogens with one attached hydrogen (secondary N) is 1. The minimum Gasteiger partial charge on any atom is -0.265 e. The summed E-state index contributed by atoms with van der Waals surface area (Å²) in [7, 11) is -3.19. The van der Waals surface area contributed by atoms with Crippen LogP contribution in [0.2, 0.25) is 0 Å². The number of rotatable bonds is 8. The second-order valence-electron chi connectivity index (χ2n) is 4.24. The third-order valence-corrected chi connectivity index (χ3v) is 4.11. The summed E-state index contributed by atoms with van der Waals surface area (Å²) in [5, 5.41) is 0.0892. The molecule has 0 aliphatic heterocycles. The molecule has 1 aromatic rings. The van der Waals surface area contributed by atoms with Gasteiger partial charge in [0.05, 0.1) is 5.75 Å². The number of sulfonamides is 1. The summed E-state index contributed by atoms with van der Waals surface area (Å²) in [4.78, 5) is 3.89. The molecule has 6 heteroatoms. The zero-order valence-electron chi connectivity index (χ0n) is 10.5. The molecule has 0 aliphatic rings. The van der Waals surface area contributed by atoms with E-state index in [0.29, 0.717) is 13.0 Å². The van der Waals surface area contributed by atoms with E-state index in [1.165, 1.54) is 0 Å². The summed E-state index contributed by atoms with van der Waals surface area (Å²) in [6.45, 7) is 2.36. The molecule has 1 rings (SSSR count). The van der Waals surface area contributed by atoms with E-state index in [0.717, 1.165) is 18.4 Å². The van der Waals surface area contributed by atoms with E-state index in [1.807, 2.05) is 19.1 Å². The molecule has 1 atom stereocenters. The minimum atomic E-state index is -3.19.